The minimum Gasteiger partial charge on any atom is -0.450 e. The molecular weight excluding hydrogens is 476 g/mol. The van der Waals surface area contributed by atoms with Crippen LogP contribution in [0.4, 0.5) is 14.9 Å². The number of aliphatic imine (C=N–C) groups is 1. The Kier molecular flexibility index (Phi) is 8.58. The molecule has 1 aromatic carbocycles. The van der Waals surface area contributed by atoms with E-state index >= 15 is 0 Å². The highest BCUT2D eigenvalue weighted by Crippen LogP contribution is 2.32. The van der Waals surface area contributed by atoms with Crippen LogP contribution in [0.15, 0.2) is 29.3 Å². The van der Waals surface area contributed by atoms with Crippen LogP contribution in [-0.4, -0.2) is 62.3 Å². The summed E-state index contributed by atoms with van der Waals surface area (Å²) in [7, 11) is 0. The molecule has 0 spiro atoms. The fourth-order valence-electron chi connectivity index (χ4n) is 3.27. The van der Waals surface area contributed by atoms with Crippen molar-refractivity contribution in [2.24, 2.45) is 16.6 Å². The predicted octanol–water partition coefficient (Wildman–Crippen LogP) is 2.41. The van der Waals surface area contributed by atoms with Gasteiger partial charge in [0.15, 0.2) is 5.96 Å². The van der Waals surface area contributed by atoms with E-state index in [4.69, 9.17) is 10.5 Å². The first-order valence-corrected chi connectivity index (χ1v) is 9.55. The number of rotatable bonds is 6. The van der Waals surface area contributed by atoms with Crippen LogP contribution in [0.3, 0.4) is 0 Å². The second-order valence-corrected chi connectivity index (χ2v) is 6.96. The van der Waals surface area contributed by atoms with Crippen molar-refractivity contribution in [2.75, 3.05) is 44.2 Å². The van der Waals surface area contributed by atoms with Crippen LogP contribution in [0, 0.1) is 11.7 Å². The van der Waals surface area contributed by atoms with Crippen molar-refractivity contribution in [3.8, 4) is 0 Å². The van der Waals surface area contributed by atoms with E-state index in [1.807, 2.05) is 4.90 Å². The molecule has 28 heavy (non-hydrogen) atoms. The predicted molar refractivity (Wildman–Crippen MR) is 119 cm³/mol. The van der Waals surface area contributed by atoms with Crippen molar-refractivity contribution < 1.29 is 13.9 Å². The smallest absolute Gasteiger partial charge is 0.407 e. The topological polar surface area (TPSA) is 83.2 Å². The molecule has 0 aromatic heterocycles. The molecule has 1 unspecified atom stereocenters. The SMILES string of the molecule is CCOC(=O)NC(CN=C(N)N1CCN(c2ccc(F)cc2)CC1)C1CC1.I. The number of anilines is 1. The quantitative estimate of drug-likeness (QED) is 0.353. The third kappa shape index (κ3) is 6.39. The van der Waals surface area contributed by atoms with E-state index in [1.165, 1.54) is 12.1 Å². The van der Waals surface area contributed by atoms with Crippen LogP contribution in [0.5, 0.6) is 0 Å². The Labute approximate surface area is 182 Å². The number of carbonyl (C=O) groups excluding carboxylic acids is 1. The summed E-state index contributed by atoms with van der Waals surface area (Å²) in [6.45, 7) is 5.72. The second kappa shape index (κ2) is 10.7. The number of piperazine rings is 1. The molecule has 2 fully saturated rings. The molecular formula is C19H29FIN5O2. The fourth-order valence-corrected chi connectivity index (χ4v) is 3.27. The first-order chi connectivity index (χ1) is 13.1. The van der Waals surface area contributed by atoms with E-state index < -0.39 is 6.09 Å². The van der Waals surface area contributed by atoms with Gasteiger partial charge in [0.2, 0.25) is 0 Å². The maximum Gasteiger partial charge on any atom is 0.407 e. The zero-order chi connectivity index (χ0) is 19.2. The Morgan fingerprint density at radius 3 is 2.50 bits per heavy atom. The molecule has 1 saturated carbocycles. The second-order valence-electron chi connectivity index (χ2n) is 6.96. The van der Waals surface area contributed by atoms with Gasteiger partial charge in [-0.3, -0.25) is 4.99 Å². The number of benzene rings is 1. The van der Waals surface area contributed by atoms with Crippen LogP contribution in [-0.2, 0) is 4.74 Å². The molecule has 1 heterocycles. The largest absolute Gasteiger partial charge is 0.450 e. The summed E-state index contributed by atoms with van der Waals surface area (Å²) in [4.78, 5) is 20.4. The zero-order valence-corrected chi connectivity index (χ0v) is 18.5. The van der Waals surface area contributed by atoms with E-state index in [9.17, 15) is 9.18 Å². The minimum atomic E-state index is -0.393. The van der Waals surface area contributed by atoms with Gasteiger partial charge in [-0.1, -0.05) is 0 Å². The van der Waals surface area contributed by atoms with Crippen molar-refractivity contribution in [2.45, 2.75) is 25.8 Å². The standard InChI is InChI=1S/C19H28FN5O2.HI/c1-2-27-19(26)23-17(14-3-4-14)13-22-18(21)25-11-9-24(10-12-25)16-7-5-15(20)6-8-16;/h5-8,14,17H,2-4,9-13H2,1H3,(H2,21,22)(H,23,26);1H. The van der Waals surface area contributed by atoms with Gasteiger partial charge in [0.1, 0.15) is 5.82 Å². The van der Waals surface area contributed by atoms with Gasteiger partial charge in [0, 0.05) is 31.9 Å². The number of halogens is 2. The number of ether oxygens (including phenoxy) is 1. The maximum atomic E-state index is 13.1. The van der Waals surface area contributed by atoms with Crippen molar-refractivity contribution in [3.05, 3.63) is 30.1 Å². The molecule has 1 aliphatic heterocycles. The summed E-state index contributed by atoms with van der Waals surface area (Å²) in [6.07, 6.45) is 1.81. The van der Waals surface area contributed by atoms with E-state index in [2.05, 4.69) is 15.2 Å². The third-order valence-electron chi connectivity index (χ3n) is 5.02. The van der Waals surface area contributed by atoms with Gasteiger partial charge >= 0.3 is 6.09 Å². The van der Waals surface area contributed by atoms with Crippen molar-refractivity contribution in [3.63, 3.8) is 0 Å². The lowest BCUT2D eigenvalue weighted by Gasteiger charge is -2.36. The lowest BCUT2D eigenvalue weighted by Crippen LogP contribution is -2.51. The zero-order valence-electron chi connectivity index (χ0n) is 16.1. The molecule has 2 aliphatic rings. The summed E-state index contributed by atoms with van der Waals surface area (Å²) >= 11 is 0. The van der Waals surface area contributed by atoms with Crippen LogP contribution in [0.2, 0.25) is 0 Å². The molecule has 9 heteroatoms. The number of alkyl carbamates (subject to hydrolysis) is 1. The van der Waals surface area contributed by atoms with Gasteiger partial charge in [-0.25, -0.2) is 9.18 Å². The normalized spacial score (nSPS) is 18.3. The monoisotopic (exact) mass is 505 g/mol. The van der Waals surface area contributed by atoms with Gasteiger partial charge in [-0.2, -0.15) is 0 Å². The summed E-state index contributed by atoms with van der Waals surface area (Å²) in [6, 6.07) is 6.52. The molecule has 7 nitrogen and oxygen atoms in total. The molecule has 1 amide bonds. The number of nitrogens with zero attached hydrogens (tertiary/aromatic N) is 3. The number of amides is 1. The lowest BCUT2D eigenvalue weighted by molar-refractivity contribution is 0.147. The molecule has 1 aliphatic carbocycles. The third-order valence-corrected chi connectivity index (χ3v) is 5.02. The van der Waals surface area contributed by atoms with Gasteiger partial charge in [-0.15, -0.1) is 24.0 Å². The maximum absolute atomic E-state index is 13.1. The molecule has 0 bridgehead atoms. The number of hydrogen-bond donors (Lipinski definition) is 2. The highest BCUT2D eigenvalue weighted by atomic mass is 127. The number of nitrogens with two attached hydrogens (primary N) is 1. The fraction of sp³-hybridized carbons (Fsp3) is 0.579. The van der Waals surface area contributed by atoms with Gasteiger partial charge in [-0.05, 0) is 49.9 Å². The van der Waals surface area contributed by atoms with Crippen molar-refractivity contribution in [1.82, 2.24) is 10.2 Å². The Balaban J connectivity index is 0.00000280. The molecule has 3 rings (SSSR count). The number of nitrogens with one attached hydrogen (secondary N) is 1. The van der Waals surface area contributed by atoms with Crippen LogP contribution < -0.4 is 16.0 Å². The van der Waals surface area contributed by atoms with Gasteiger partial charge in [0.25, 0.3) is 0 Å². The number of guanidine groups is 1. The average molecular weight is 505 g/mol. The Morgan fingerprint density at radius 1 is 1.29 bits per heavy atom. The molecule has 1 saturated heterocycles. The van der Waals surface area contributed by atoms with Crippen molar-refractivity contribution >= 4 is 41.7 Å². The lowest BCUT2D eigenvalue weighted by atomic mass is 10.2. The average Bonchev–Trinajstić information content (AvgIpc) is 3.51. The summed E-state index contributed by atoms with van der Waals surface area (Å²) in [5.41, 5.74) is 7.19. The summed E-state index contributed by atoms with van der Waals surface area (Å²) < 4.78 is 18.0. The van der Waals surface area contributed by atoms with Crippen LogP contribution in [0.1, 0.15) is 19.8 Å². The van der Waals surface area contributed by atoms with Crippen LogP contribution in [0.25, 0.3) is 0 Å². The van der Waals surface area contributed by atoms with E-state index in [0.29, 0.717) is 25.0 Å². The van der Waals surface area contributed by atoms with Crippen molar-refractivity contribution in [1.29, 1.82) is 0 Å². The van der Waals surface area contributed by atoms with Crippen LogP contribution >= 0.6 is 24.0 Å². The highest BCUT2D eigenvalue weighted by molar-refractivity contribution is 14.0. The van der Waals surface area contributed by atoms with E-state index in [-0.39, 0.29) is 35.8 Å². The van der Waals surface area contributed by atoms with E-state index in [1.54, 1.807) is 19.1 Å². The van der Waals surface area contributed by atoms with Gasteiger partial charge in [0.05, 0.1) is 19.2 Å². The summed E-state index contributed by atoms with van der Waals surface area (Å²) in [5, 5.41) is 2.89. The summed E-state index contributed by atoms with van der Waals surface area (Å²) in [5.74, 6) is 0.738. The first-order valence-electron chi connectivity index (χ1n) is 9.55. The number of hydrogen-bond acceptors (Lipinski definition) is 4. The van der Waals surface area contributed by atoms with E-state index in [0.717, 1.165) is 44.7 Å². The highest BCUT2D eigenvalue weighted by Gasteiger charge is 2.32. The Morgan fingerprint density at radius 2 is 1.93 bits per heavy atom. The minimum absolute atomic E-state index is 0. The van der Waals surface area contributed by atoms with Gasteiger partial charge < -0.3 is 25.6 Å². The Hall–Kier alpha value is -1.78. The molecule has 1 atom stereocenters. The molecule has 0 radical (unpaired) electrons. The Bertz CT molecular complexity index is 661. The first kappa shape index (κ1) is 22.5. The molecule has 1 aromatic rings. The molecule has 156 valence electrons. The number of carbonyl (C=O) groups is 1. The molecule has 3 N–H and O–H groups in total.